The van der Waals surface area contributed by atoms with E-state index in [1.165, 1.54) is 12.8 Å². The van der Waals surface area contributed by atoms with Crippen LogP contribution in [0.15, 0.2) is 18.3 Å². The SMILES string of the molecule is CSC1(CNC(=O)c2cccnc2N)CC1. The van der Waals surface area contributed by atoms with Gasteiger partial charge in [-0.2, -0.15) is 11.8 Å². The monoisotopic (exact) mass is 237 g/mol. The maximum Gasteiger partial charge on any atom is 0.255 e. The highest BCUT2D eigenvalue weighted by Gasteiger charge is 2.42. The van der Waals surface area contributed by atoms with E-state index in [-0.39, 0.29) is 16.5 Å². The normalized spacial score (nSPS) is 16.8. The van der Waals surface area contributed by atoms with Crippen molar-refractivity contribution in [3.05, 3.63) is 23.9 Å². The number of nitrogens with two attached hydrogens (primary N) is 1. The van der Waals surface area contributed by atoms with Gasteiger partial charge in [0.1, 0.15) is 5.82 Å². The van der Waals surface area contributed by atoms with Crippen LogP contribution in [0.1, 0.15) is 23.2 Å². The molecule has 5 heteroatoms. The van der Waals surface area contributed by atoms with Gasteiger partial charge in [-0.15, -0.1) is 0 Å². The maximum atomic E-state index is 11.8. The van der Waals surface area contributed by atoms with Gasteiger partial charge >= 0.3 is 0 Å². The number of nitrogens with one attached hydrogen (secondary N) is 1. The lowest BCUT2D eigenvalue weighted by Crippen LogP contribution is -2.32. The second-order valence-electron chi connectivity index (χ2n) is 4.01. The molecule has 86 valence electrons. The molecule has 3 N–H and O–H groups in total. The van der Waals surface area contributed by atoms with Crippen LogP contribution in [0.5, 0.6) is 0 Å². The molecule has 0 unspecified atom stereocenters. The first-order valence-corrected chi connectivity index (χ1v) is 6.43. The molecule has 1 heterocycles. The summed E-state index contributed by atoms with van der Waals surface area (Å²) in [4.78, 5) is 15.7. The molecule has 4 nitrogen and oxygen atoms in total. The molecule has 2 rings (SSSR count). The molecule has 0 radical (unpaired) electrons. The van der Waals surface area contributed by atoms with Crippen molar-refractivity contribution in [2.75, 3.05) is 18.5 Å². The van der Waals surface area contributed by atoms with Gasteiger partial charge in [-0.1, -0.05) is 0 Å². The minimum absolute atomic E-state index is 0.133. The van der Waals surface area contributed by atoms with E-state index in [1.807, 2.05) is 11.8 Å². The summed E-state index contributed by atoms with van der Waals surface area (Å²) in [5, 5.41) is 2.91. The Labute approximate surface area is 99.0 Å². The van der Waals surface area contributed by atoms with Gasteiger partial charge in [-0.3, -0.25) is 4.79 Å². The van der Waals surface area contributed by atoms with Crippen LogP contribution in [0.4, 0.5) is 5.82 Å². The van der Waals surface area contributed by atoms with E-state index in [0.29, 0.717) is 12.1 Å². The average molecular weight is 237 g/mol. The molecule has 1 fully saturated rings. The fourth-order valence-corrected chi connectivity index (χ4v) is 2.27. The smallest absolute Gasteiger partial charge is 0.255 e. The van der Waals surface area contributed by atoms with Gasteiger partial charge < -0.3 is 11.1 Å². The number of rotatable bonds is 4. The number of hydrogen-bond acceptors (Lipinski definition) is 4. The van der Waals surface area contributed by atoms with Gasteiger partial charge in [0, 0.05) is 17.5 Å². The zero-order chi connectivity index (χ0) is 11.6. The highest BCUT2D eigenvalue weighted by atomic mass is 32.2. The van der Waals surface area contributed by atoms with Crippen LogP contribution in [0.25, 0.3) is 0 Å². The summed E-state index contributed by atoms with van der Waals surface area (Å²) in [6.07, 6.45) is 6.02. The van der Waals surface area contributed by atoms with E-state index in [1.54, 1.807) is 18.3 Å². The van der Waals surface area contributed by atoms with Crippen molar-refractivity contribution in [3.8, 4) is 0 Å². The lowest BCUT2D eigenvalue weighted by molar-refractivity contribution is 0.0953. The number of pyridine rings is 1. The highest BCUT2D eigenvalue weighted by molar-refractivity contribution is 8.00. The quantitative estimate of drug-likeness (QED) is 0.828. The van der Waals surface area contributed by atoms with Gasteiger partial charge in [-0.25, -0.2) is 4.98 Å². The molecule has 0 saturated heterocycles. The molecule has 0 spiro atoms. The summed E-state index contributed by atoms with van der Waals surface area (Å²) in [7, 11) is 0. The fourth-order valence-electron chi connectivity index (χ4n) is 1.54. The van der Waals surface area contributed by atoms with E-state index in [9.17, 15) is 4.79 Å². The van der Waals surface area contributed by atoms with Crippen molar-refractivity contribution >= 4 is 23.5 Å². The fraction of sp³-hybridized carbons (Fsp3) is 0.455. The van der Waals surface area contributed by atoms with Gasteiger partial charge in [0.25, 0.3) is 5.91 Å². The molecule has 0 aromatic carbocycles. The predicted molar refractivity (Wildman–Crippen MR) is 66.5 cm³/mol. The van der Waals surface area contributed by atoms with Crippen LogP contribution >= 0.6 is 11.8 Å². The van der Waals surface area contributed by atoms with Crippen molar-refractivity contribution in [3.63, 3.8) is 0 Å². The first kappa shape index (κ1) is 11.3. The summed E-state index contributed by atoms with van der Waals surface area (Å²) in [5.41, 5.74) is 6.09. The third-order valence-corrected chi connectivity index (χ3v) is 4.31. The lowest BCUT2D eigenvalue weighted by atomic mass is 10.2. The molecule has 16 heavy (non-hydrogen) atoms. The zero-order valence-electron chi connectivity index (χ0n) is 9.19. The molecule has 0 atom stereocenters. The Hall–Kier alpha value is -1.23. The minimum atomic E-state index is -0.133. The molecule has 0 bridgehead atoms. The van der Waals surface area contributed by atoms with Crippen molar-refractivity contribution in [1.29, 1.82) is 0 Å². The van der Waals surface area contributed by atoms with Gasteiger partial charge in [0.15, 0.2) is 0 Å². The Morgan fingerprint density at radius 2 is 2.44 bits per heavy atom. The Morgan fingerprint density at radius 1 is 1.69 bits per heavy atom. The van der Waals surface area contributed by atoms with Gasteiger partial charge in [-0.05, 0) is 31.2 Å². The summed E-state index contributed by atoms with van der Waals surface area (Å²) >= 11 is 1.82. The van der Waals surface area contributed by atoms with Crippen LogP contribution in [-0.2, 0) is 0 Å². The first-order valence-electron chi connectivity index (χ1n) is 5.21. The van der Waals surface area contributed by atoms with Gasteiger partial charge in [0.2, 0.25) is 0 Å². The van der Waals surface area contributed by atoms with Crippen LogP contribution in [0.2, 0.25) is 0 Å². The second kappa shape index (κ2) is 4.33. The highest BCUT2D eigenvalue weighted by Crippen LogP contribution is 2.46. The Bertz CT molecular complexity index is 404. The van der Waals surface area contributed by atoms with Crippen LogP contribution < -0.4 is 11.1 Å². The van der Waals surface area contributed by atoms with Crippen molar-refractivity contribution in [1.82, 2.24) is 10.3 Å². The number of nitrogens with zero attached hydrogens (tertiary/aromatic N) is 1. The van der Waals surface area contributed by atoms with E-state index in [4.69, 9.17) is 5.73 Å². The standard InChI is InChI=1S/C11H15N3OS/c1-16-11(4-5-11)7-14-10(15)8-3-2-6-13-9(8)12/h2-3,6H,4-5,7H2,1H3,(H2,12,13)(H,14,15). The van der Waals surface area contributed by atoms with Gasteiger partial charge in [0.05, 0.1) is 5.56 Å². The van der Waals surface area contributed by atoms with Crippen molar-refractivity contribution in [2.24, 2.45) is 0 Å². The molecule has 1 aliphatic carbocycles. The van der Waals surface area contributed by atoms with Crippen molar-refractivity contribution in [2.45, 2.75) is 17.6 Å². The zero-order valence-corrected chi connectivity index (χ0v) is 10.0. The lowest BCUT2D eigenvalue weighted by Gasteiger charge is -2.13. The van der Waals surface area contributed by atoms with E-state index >= 15 is 0 Å². The van der Waals surface area contributed by atoms with E-state index in [0.717, 1.165) is 0 Å². The molecular formula is C11H15N3OS. The van der Waals surface area contributed by atoms with Crippen LogP contribution in [0, 0.1) is 0 Å². The maximum absolute atomic E-state index is 11.8. The molecule has 1 aliphatic rings. The Balaban J connectivity index is 1.96. The Morgan fingerprint density at radius 3 is 3.00 bits per heavy atom. The molecular weight excluding hydrogens is 222 g/mol. The largest absolute Gasteiger partial charge is 0.383 e. The summed E-state index contributed by atoms with van der Waals surface area (Å²) in [5.74, 6) is 0.153. The second-order valence-corrected chi connectivity index (χ2v) is 5.28. The summed E-state index contributed by atoms with van der Waals surface area (Å²) < 4.78 is 0.270. The minimum Gasteiger partial charge on any atom is -0.383 e. The summed E-state index contributed by atoms with van der Waals surface area (Å²) in [6, 6.07) is 3.41. The number of carbonyl (C=O) groups excluding carboxylic acids is 1. The molecule has 1 amide bonds. The van der Waals surface area contributed by atoms with Crippen molar-refractivity contribution < 1.29 is 4.79 Å². The third kappa shape index (κ3) is 2.29. The number of aromatic nitrogens is 1. The molecule has 1 saturated carbocycles. The van der Waals surface area contributed by atoms with Crippen LogP contribution in [0.3, 0.4) is 0 Å². The summed E-state index contributed by atoms with van der Waals surface area (Å²) in [6.45, 7) is 0.710. The van der Waals surface area contributed by atoms with E-state index in [2.05, 4.69) is 16.6 Å². The van der Waals surface area contributed by atoms with E-state index < -0.39 is 0 Å². The number of hydrogen-bond donors (Lipinski definition) is 2. The average Bonchev–Trinajstić information content (AvgIpc) is 3.07. The number of thioether (sulfide) groups is 1. The Kier molecular flexibility index (Phi) is 3.05. The topological polar surface area (TPSA) is 68.0 Å². The predicted octanol–water partition coefficient (Wildman–Crippen LogP) is 1.29. The molecule has 1 aromatic rings. The third-order valence-electron chi connectivity index (χ3n) is 2.89. The first-order chi connectivity index (χ1) is 7.67. The number of nitrogen functional groups attached to an aromatic ring is 1. The molecule has 0 aliphatic heterocycles. The number of amides is 1. The number of carbonyl (C=O) groups is 1. The molecule has 1 aromatic heterocycles. The number of anilines is 1. The van der Waals surface area contributed by atoms with Crippen LogP contribution in [-0.4, -0.2) is 28.4 Å².